The molecule has 2 aromatic rings. The Labute approximate surface area is 198 Å². The zero-order valence-electron chi connectivity index (χ0n) is 19.3. The molecular weight excluding hydrogens is 436 g/mol. The van der Waals surface area contributed by atoms with Crippen LogP contribution in [0.3, 0.4) is 0 Å². The van der Waals surface area contributed by atoms with E-state index in [0.29, 0.717) is 25.9 Å². The Morgan fingerprint density at radius 3 is 2.24 bits per heavy atom. The van der Waals surface area contributed by atoms with Crippen molar-refractivity contribution in [3.63, 3.8) is 0 Å². The number of hydrogen-bond donors (Lipinski definition) is 3. The molecule has 0 saturated carbocycles. The molecule has 3 rings (SSSR count). The maximum absolute atomic E-state index is 13.4. The van der Waals surface area contributed by atoms with Gasteiger partial charge in [0.2, 0.25) is 11.7 Å². The number of carboxylic acid groups (broad SMARTS) is 1. The van der Waals surface area contributed by atoms with Crippen LogP contribution in [0.2, 0.25) is 0 Å². The highest BCUT2D eigenvalue weighted by atomic mass is 16.5. The average Bonchev–Trinajstić information content (AvgIpc) is 2.83. The number of carbonyl (C=O) groups is 3. The Hall–Kier alpha value is -3.65. The van der Waals surface area contributed by atoms with Crippen LogP contribution in [0.4, 0.5) is 0 Å². The number of amides is 2. The second-order valence-electron chi connectivity index (χ2n) is 8.23. The number of benzene rings is 2. The SMILES string of the molecule is CCCN(CCc1ccc(-c2ccccc2)cc1)C(=O)[C@@H]1OC(C(=O)O)=C[C@@H](O)[C@H]1NC(C)=O. The lowest BCUT2D eigenvalue weighted by atomic mass is 9.98. The van der Waals surface area contributed by atoms with Crippen molar-refractivity contribution >= 4 is 17.8 Å². The highest BCUT2D eigenvalue weighted by Crippen LogP contribution is 2.22. The molecule has 1 aliphatic rings. The van der Waals surface area contributed by atoms with Gasteiger partial charge in [-0.1, -0.05) is 61.5 Å². The topological polar surface area (TPSA) is 116 Å². The third kappa shape index (κ3) is 6.23. The summed E-state index contributed by atoms with van der Waals surface area (Å²) in [7, 11) is 0. The van der Waals surface area contributed by atoms with Gasteiger partial charge in [0.05, 0.1) is 0 Å². The van der Waals surface area contributed by atoms with Crippen LogP contribution in [0.25, 0.3) is 11.1 Å². The quantitative estimate of drug-likeness (QED) is 0.523. The maximum atomic E-state index is 13.4. The van der Waals surface area contributed by atoms with Crippen molar-refractivity contribution in [1.29, 1.82) is 0 Å². The van der Waals surface area contributed by atoms with E-state index in [1.54, 1.807) is 4.90 Å². The van der Waals surface area contributed by atoms with Crippen LogP contribution in [0.5, 0.6) is 0 Å². The van der Waals surface area contributed by atoms with Crippen LogP contribution in [0.15, 0.2) is 66.4 Å². The van der Waals surface area contributed by atoms with E-state index in [1.807, 2.05) is 61.5 Å². The Bertz CT molecular complexity index is 1040. The van der Waals surface area contributed by atoms with Crippen LogP contribution < -0.4 is 5.32 Å². The summed E-state index contributed by atoms with van der Waals surface area (Å²) in [6, 6.07) is 17.0. The summed E-state index contributed by atoms with van der Waals surface area (Å²) in [4.78, 5) is 38.0. The van der Waals surface area contributed by atoms with E-state index < -0.39 is 41.8 Å². The van der Waals surface area contributed by atoms with Gasteiger partial charge in [-0.2, -0.15) is 0 Å². The van der Waals surface area contributed by atoms with Crippen molar-refractivity contribution in [2.75, 3.05) is 13.1 Å². The van der Waals surface area contributed by atoms with Gasteiger partial charge in [0, 0.05) is 20.0 Å². The second kappa shape index (κ2) is 11.5. The van der Waals surface area contributed by atoms with E-state index in [-0.39, 0.29) is 0 Å². The number of carbonyl (C=O) groups excluding carboxylic acids is 2. The summed E-state index contributed by atoms with van der Waals surface area (Å²) in [5, 5.41) is 22.2. The number of aliphatic carboxylic acids is 1. The number of aliphatic hydroxyl groups is 1. The molecule has 0 radical (unpaired) electrons. The summed E-state index contributed by atoms with van der Waals surface area (Å²) in [6.07, 6.45) is -0.456. The molecular formula is C26H30N2O6. The molecule has 2 aromatic carbocycles. The van der Waals surface area contributed by atoms with Crippen LogP contribution in [0.1, 0.15) is 25.8 Å². The Morgan fingerprint density at radius 1 is 1.00 bits per heavy atom. The fourth-order valence-corrected chi connectivity index (χ4v) is 3.95. The van der Waals surface area contributed by atoms with Gasteiger partial charge in [0.1, 0.15) is 12.1 Å². The summed E-state index contributed by atoms with van der Waals surface area (Å²) >= 11 is 0. The number of aliphatic hydroxyl groups excluding tert-OH is 1. The summed E-state index contributed by atoms with van der Waals surface area (Å²) in [5.41, 5.74) is 3.26. The third-order valence-corrected chi connectivity index (χ3v) is 5.63. The number of hydrogen-bond acceptors (Lipinski definition) is 5. The van der Waals surface area contributed by atoms with Crippen LogP contribution in [-0.2, 0) is 25.5 Å². The predicted molar refractivity (Wildman–Crippen MR) is 127 cm³/mol. The van der Waals surface area contributed by atoms with Crippen molar-refractivity contribution in [3.05, 3.63) is 72.0 Å². The molecule has 180 valence electrons. The molecule has 0 fully saturated rings. The van der Waals surface area contributed by atoms with Crippen molar-refractivity contribution < 1.29 is 29.3 Å². The Kier molecular flexibility index (Phi) is 8.43. The van der Waals surface area contributed by atoms with Gasteiger partial charge in [-0.05, 0) is 35.6 Å². The molecule has 0 spiro atoms. The van der Waals surface area contributed by atoms with Gasteiger partial charge in [0.25, 0.3) is 5.91 Å². The van der Waals surface area contributed by atoms with Gasteiger partial charge >= 0.3 is 5.97 Å². The molecule has 8 nitrogen and oxygen atoms in total. The van der Waals surface area contributed by atoms with Crippen molar-refractivity contribution in [2.24, 2.45) is 0 Å². The largest absolute Gasteiger partial charge is 0.475 e. The number of nitrogens with one attached hydrogen (secondary N) is 1. The standard InChI is InChI=1S/C26H30N2O6/c1-3-14-28(15-13-18-9-11-20(12-10-18)19-7-5-4-6-8-19)25(31)24-23(27-17(2)29)21(30)16-22(34-24)26(32)33/h4-12,16,21,23-24,30H,3,13-15H2,1-2H3,(H,27,29)(H,32,33)/t21-,23-,24-/m1/s1. The fraction of sp³-hybridized carbons (Fsp3) is 0.346. The van der Waals surface area contributed by atoms with E-state index in [9.17, 15) is 24.6 Å². The number of nitrogens with zero attached hydrogens (tertiary/aromatic N) is 1. The molecule has 3 atom stereocenters. The van der Waals surface area contributed by atoms with E-state index in [1.165, 1.54) is 6.92 Å². The Morgan fingerprint density at radius 2 is 1.65 bits per heavy atom. The highest BCUT2D eigenvalue weighted by molar-refractivity contribution is 5.88. The molecule has 1 heterocycles. The first-order chi connectivity index (χ1) is 16.3. The third-order valence-electron chi connectivity index (χ3n) is 5.63. The Balaban J connectivity index is 1.74. The minimum atomic E-state index is -1.39. The van der Waals surface area contributed by atoms with Crippen molar-refractivity contribution in [3.8, 4) is 11.1 Å². The molecule has 0 saturated heterocycles. The lowest BCUT2D eigenvalue weighted by molar-refractivity contribution is -0.151. The monoisotopic (exact) mass is 466 g/mol. The van der Waals surface area contributed by atoms with Gasteiger partial charge in [0.15, 0.2) is 6.10 Å². The lowest BCUT2D eigenvalue weighted by Crippen LogP contribution is -2.59. The highest BCUT2D eigenvalue weighted by Gasteiger charge is 2.42. The van der Waals surface area contributed by atoms with Crippen LogP contribution in [0, 0.1) is 0 Å². The van der Waals surface area contributed by atoms with Crippen molar-refractivity contribution in [2.45, 2.75) is 44.9 Å². The normalized spacial score (nSPS) is 19.5. The molecule has 34 heavy (non-hydrogen) atoms. The summed E-state index contributed by atoms with van der Waals surface area (Å²) in [5.74, 6) is -2.84. The van der Waals surface area contributed by atoms with Crippen LogP contribution >= 0.6 is 0 Å². The predicted octanol–water partition coefficient (Wildman–Crippen LogP) is 2.37. The van der Waals surface area contributed by atoms with E-state index >= 15 is 0 Å². The number of carboxylic acids is 1. The first-order valence-electron chi connectivity index (χ1n) is 11.3. The van der Waals surface area contributed by atoms with E-state index in [0.717, 1.165) is 22.8 Å². The van der Waals surface area contributed by atoms with Gasteiger partial charge in [-0.3, -0.25) is 9.59 Å². The maximum Gasteiger partial charge on any atom is 0.370 e. The van der Waals surface area contributed by atoms with Gasteiger partial charge in [-0.25, -0.2) is 4.79 Å². The minimum Gasteiger partial charge on any atom is -0.475 e. The average molecular weight is 467 g/mol. The molecule has 3 N–H and O–H groups in total. The van der Waals surface area contributed by atoms with Crippen LogP contribution in [-0.4, -0.2) is 64.2 Å². The van der Waals surface area contributed by atoms with E-state index in [4.69, 9.17) is 4.74 Å². The summed E-state index contributed by atoms with van der Waals surface area (Å²) < 4.78 is 5.43. The molecule has 0 aromatic heterocycles. The first-order valence-corrected chi connectivity index (χ1v) is 11.3. The summed E-state index contributed by atoms with van der Waals surface area (Å²) in [6.45, 7) is 4.00. The van der Waals surface area contributed by atoms with E-state index in [2.05, 4.69) is 5.32 Å². The minimum absolute atomic E-state index is 0.381. The van der Waals surface area contributed by atoms with Gasteiger partial charge in [-0.15, -0.1) is 0 Å². The second-order valence-corrected chi connectivity index (χ2v) is 8.23. The zero-order valence-corrected chi connectivity index (χ0v) is 19.3. The molecule has 8 heteroatoms. The fourth-order valence-electron chi connectivity index (χ4n) is 3.95. The smallest absolute Gasteiger partial charge is 0.370 e. The molecule has 0 unspecified atom stereocenters. The van der Waals surface area contributed by atoms with Gasteiger partial charge < -0.3 is 25.2 Å². The zero-order chi connectivity index (χ0) is 24.7. The lowest BCUT2D eigenvalue weighted by Gasteiger charge is -2.36. The molecule has 0 aliphatic carbocycles. The first kappa shape index (κ1) is 25.0. The van der Waals surface area contributed by atoms with Crippen molar-refractivity contribution in [1.82, 2.24) is 10.2 Å². The molecule has 2 amide bonds. The number of ether oxygens (including phenoxy) is 1. The molecule has 1 aliphatic heterocycles. The number of rotatable bonds is 9. The molecule has 0 bridgehead atoms.